The van der Waals surface area contributed by atoms with Gasteiger partial charge in [-0.15, -0.1) is 12.4 Å². The molecule has 2 atom stereocenters. The van der Waals surface area contributed by atoms with Crippen molar-refractivity contribution in [3.8, 4) is 5.75 Å². The maximum atomic E-state index is 13.1. The number of aliphatic hydroxyl groups is 1. The predicted molar refractivity (Wildman–Crippen MR) is 99.3 cm³/mol. The minimum atomic E-state index is -0.872. The normalized spacial score (nSPS) is 12.7. The molecule has 2 unspecified atom stereocenters. The highest BCUT2D eigenvalue weighted by Gasteiger charge is 2.10. The number of ether oxygens (including phenoxy) is 1. The summed E-state index contributed by atoms with van der Waals surface area (Å²) in [6.45, 7) is 2.67. The van der Waals surface area contributed by atoms with Crippen molar-refractivity contribution in [3.05, 3.63) is 65.5 Å². The van der Waals surface area contributed by atoms with Gasteiger partial charge < -0.3 is 20.3 Å². The van der Waals surface area contributed by atoms with Crippen LogP contribution >= 0.6 is 12.4 Å². The van der Waals surface area contributed by atoms with Crippen LogP contribution in [0, 0.1) is 5.82 Å². The molecule has 0 radical (unpaired) electrons. The van der Waals surface area contributed by atoms with E-state index in [2.05, 4.69) is 5.32 Å². The number of aliphatic carboxylic acids is 1. The van der Waals surface area contributed by atoms with Crippen LogP contribution in [-0.2, 0) is 11.2 Å². The number of benzene rings is 2. The van der Waals surface area contributed by atoms with Crippen LogP contribution in [0.5, 0.6) is 5.75 Å². The number of aliphatic hydroxyl groups excluding tert-OH is 1. The maximum absolute atomic E-state index is 13.1. The van der Waals surface area contributed by atoms with Crippen molar-refractivity contribution in [2.75, 3.05) is 13.1 Å². The van der Waals surface area contributed by atoms with Crippen molar-refractivity contribution < 1.29 is 24.1 Å². The predicted octanol–water partition coefficient (Wildman–Crippen LogP) is 2.97. The first-order valence-corrected chi connectivity index (χ1v) is 8.05. The molecular weight excluding hydrogens is 361 g/mol. The van der Waals surface area contributed by atoms with Gasteiger partial charge in [0, 0.05) is 13.1 Å². The fourth-order valence-electron chi connectivity index (χ4n) is 2.39. The number of halogens is 2. The Labute approximate surface area is 158 Å². The van der Waals surface area contributed by atoms with Gasteiger partial charge in [-0.2, -0.15) is 0 Å². The first kappa shape index (κ1) is 21.9. The van der Waals surface area contributed by atoms with Crippen molar-refractivity contribution in [1.82, 2.24) is 5.32 Å². The molecule has 0 amide bonds. The lowest BCUT2D eigenvalue weighted by Gasteiger charge is -2.17. The van der Waals surface area contributed by atoms with Gasteiger partial charge in [0.1, 0.15) is 17.7 Å². The third-order valence-electron chi connectivity index (χ3n) is 3.62. The number of carboxylic acids is 1. The Kier molecular flexibility index (Phi) is 9.05. The van der Waals surface area contributed by atoms with Crippen LogP contribution in [0.2, 0.25) is 0 Å². The van der Waals surface area contributed by atoms with E-state index in [0.717, 1.165) is 0 Å². The molecule has 7 heteroatoms. The molecule has 2 rings (SSSR count). The Morgan fingerprint density at radius 2 is 1.88 bits per heavy atom. The molecule has 0 saturated heterocycles. The molecule has 3 N–H and O–H groups in total. The number of rotatable bonds is 9. The average molecular weight is 384 g/mol. The molecule has 0 heterocycles. The molecule has 0 spiro atoms. The number of carboxylic acid groups (broad SMARTS) is 1. The Bertz CT molecular complexity index is 696. The topological polar surface area (TPSA) is 78.8 Å². The lowest BCUT2D eigenvalue weighted by molar-refractivity contribution is -0.136. The van der Waals surface area contributed by atoms with E-state index in [1.807, 2.05) is 6.92 Å². The Hall–Kier alpha value is -2.15. The first-order chi connectivity index (χ1) is 11.9. The first-order valence-electron chi connectivity index (χ1n) is 8.05. The Morgan fingerprint density at radius 3 is 2.50 bits per heavy atom. The monoisotopic (exact) mass is 383 g/mol. The molecule has 0 saturated carbocycles. The minimum absolute atomic E-state index is 0. The molecular formula is C19H23ClFNO4. The average Bonchev–Trinajstić information content (AvgIpc) is 2.56. The zero-order valence-corrected chi connectivity index (χ0v) is 15.2. The van der Waals surface area contributed by atoms with Crippen LogP contribution in [0.4, 0.5) is 4.39 Å². The van der Waals surface area contributed by atoms with Gasteiger partial charge in [0.15, 0.2) is 0 Å². The molecule has 0 aliphatic rings. The van der Waals surface area contributed by atoms with Gasteiger partial charge >= 0.3 is 5.97 Å². The van der Waals surface area contributed by atoms with Crippen molar-refractivity contribution in [2.24, 2.45) is 0 Å². The van der Waals surface area contributed by atoms with Gasteiger partial charge in [0.2, 0.25) is 0 Å². The summed E-state index contributed by atoms with van der Waals surface area (Å²) in [6.07, 6.45) is -0.960. The fraction of sp³-hybridized carbons (Fsp3) is 0.316. The zero-order chi connectivity index (χ0) is 18.2. The highest BCUT2D eigenvalue weighted by molar-refractivity contribution is 5.85. The second-order valence-corrected chi connectivity index (χ2v) is 5.87. The van der Waals surface area contributed by atoms with Gasteiger partial charge in [-0.05, 0) is 42.3 Å². The van der Waals surface area contributed by atoms with Crippen LogP contribution in [0.25, 0.3) is 0 Å². The SMILES string of the molecule is CC(CNCC(O)c1cccc(F)c1)Oc1ccc(CC(=O)O)cc1.Cl. The molecule has 0 aliphatic heterocycles. The lowest BCUT2D eigenvalue weighted by Crippen LogP contribution is -2.32. The van der Waals surface area contributed by atoms with Crippen LogP contribution in [0.3, 0.4) is 0 Å². The maximum Gasteiger partial charge on any atom is 0.307 e. The van der Waals surface area contributed by atoms with Gasteiger partial charge in [-0.25, -0.2) is 4.39 Å². The molecule has 26 heavy (non-hydrogen) atoms. The Balaban J connectivity index is 0.00000338. The molecule has 2 aromatic carbocycles. The van der Waals surface area contributed by atoms with E-state index in [1.54, 1.807) is 36.4 Å². The third-order valence-corrected chi connectivity index (χ3v) is 3.62. The minimum Gasteiger partial charge on any atom is -0.489 e. The largest absolute Gasteiger partial charge is 0.489 e. The highest BCUT2D eigenvalue weighted by atomic mass is 35.5. The van der Waals surface area contributed by atoms with E-state index in [1.165, 1.54) is 12.1 Å². The Morgan fingerprint density at radius 1 is 1.19 bits per heavy atom. The van der Waals surface area contributed by atoms with Crippen molar-refractivity contribution in [3.63, 3.8) is 0 Å². The summed E-state index contributed by atoms with van der Waals surface area (Å²) in [5, 5.41) is 21.9. The highest BCUT2D eigenvalue weighted by Crippen LogP contribution is 2.15. The van der Waals surface area contributed by atoms with Gasteiger partial charge in [-0.1, -0.05) is 24.3 Å². The summed E-state index contributed by atoms with van der Waals surface area (Å²) in [5.41, 5.74) is 1.24. The van der Waals surface area contributed by atoms with Crippen LogP contribution in [0.1, 0.15) is 24.2 Å². The van der Waals surface area contributed by atoms with E-state index < -0.39 is 12.1 Å². The molecule has 0 bridgehead atoms. The van der Waals surface area contributed by atoms with E-state index in [4.69, 9.17) is 9.84 Å². The number of carbonyl (C=O) groups is 1. The summed E-state index contributed by atoms with van der Waals surface area (Å²) in [5.74, 6) is -0.600. The molecule has 0 fully saturated rings. The molecule has 0 aliphatic carbocycles. The molecule has 5 nitrogen and oxygen atoms in total. The van der Waals surface area contributed by atoms with Gasteiger partial charge in [0.05, 0.1) is 12.5 Å². The summed E-state index contributed by atoms with van der Waals surface area (Å²) in [7, 11) is 0. The number of hydrogen-bond acceptors (Lipinski definition) is 4. The number of hydrogen-bond donors (Lipinski definition) is 3. The zero-order valence-electron chi connectivity index (χ0n) is 14.4. The van der Waals surface area contributed by atoms with E-state index in [-0.39, 0.29) is 37.3 Å². The second kappa shape index (κ2) is 10.8. The number of nitrogens with one attached hydrogen (secondary N) is 1. The summed E-state index contributed by atoms with van der Waals surface area (Å²) in [4.78, 5) is 10.6. The quantitative estimate of drug-likeness (QED) is 0.620. The third kappa shape index (κ3) is 7.39. The summed E-state index contributed by atoms with van der Waals surface area (Å²) < 4.78 is 18.9. The smallest absolute Gasteiger partial charge is 0.307 e. The van der Waals surface area contributed by atoms with E-state index in [0.29, 0.717) is 23.4 Å². The van der Waals surface area contributed by atoms with Crippen LogP contribution < -0.4 is 10.1 Å². The van der Waals surface area contributed by atoms with Gasteiger partial charge in [-0.3, -0.25) is 4.79 Å². The fourth-order valence-corrected chi connectivity index (χ4v) is 2.39. The molecule has 0 aromatic heterocycles. The summed E-state index contributed by atoms with van der Waals surface area (Å²) in [6, 6.07) is 12.8. The van der Waals surface area contributed by atoms with Gasteiger partial charge in [0.25, 0.3) is 0 Å². The lowest BCUT2D eigenvalue weighted by atomic mass is 10.1. The standard InChI is InChI=1S/C19H22FNO4.ClH/c1-13(25-17-7-5-14(6-8-17)9-19(23)24)11-21-12-18(22)15-3-2-4-16(20)10-15;/h2-8,10,13,18,21-22H,9,11-12H2,1H3,(H,23,24);1H. The van der Waals surface area contributed by atoms with E-state index >= 15 is 0 Å². The van der Waals surface area contributed by atoms with Crippen LogP contribution in [-0.4, -0.2) is 35.4 Å². The molecule has 142 valence electrons. The van der Waals surface area contributed by atoms with Crippen molar-refractivity contribution in [2.45, 2.75) is 25.6 Å². The summed E-state index contributed by atoms with van der Waals surface area (Å²) >= 11 is 0. The van der Waals surface area contributed by atoms with Crippen molar-refractivity contribution in [1.29, 1.82) is 0 Å². The molecule has 2 aromatic rings. The second-order valence-electron chi connectivity index (χ2n) is 5.87. The van der Waals surface area contributed by atoms with Crippen LogP contribution in [0.15, 0.2) is 48.5 Å². The van der Waals surface area contributed by atoms with Crippen molar-refractivity contribution >= 4 is 18.4 Å². The van der Waals surface area contributed by atoms with E-state index in [9.17, 15) is 14.3 Å².